The number of hydrogen-bond donors (Lipinski definition) is 1. The zero-order valence-electron chi connectivity index (χ0n) is 18.9. The maximum atomic E-state index is 13.3. The Balaban J connectivity index is 1.74. The molecule has 0 saturated heterocycles. The van der Waals surface area contributed by atoms with Crippen molar-refractivity contribution in [3.05, 3.63) is 96.1 Å². The van der Waals surface area contributed by atoms with Crippen molar-refractivity contribution in [3.8, 4) is 0 Å². The van der Waals surface area contributed by atoms with Crippen molar-refractivity contribution in [3.63, 3.8) is 0 Å². The molecular formula is C26H29N3O3S. The first kappa shape index (κ1) is 24.2. The van der Waals surface area contributed by atoms with Gasteiger partial charge in [-0.3, -0.25) is 9.10 Å². The molecule has 0 atom stereocenters. The lowest BCUT2D eigenvalue weighted by atomic mass is 10.1. The minimum absolute atomic E-state index is 0.125. The van der Waals surface area contributed by atoms with Gasteiger partial charge in [0, 0.05) is 5.71 Å². The monoisotopic (exact) mass is 463 g/mol. The number of rotatable bonds is 10. The molecule has 0 aliphatic rings. The normalized spacial score (nSPS) is 11.8. The molecule has 7 heteroatoms. The summed E-state index contributed by atoms with van der Waals surface area (Å²) >= 11 is 0. The quantitative estimate of drug-likeness (QED) is 0.353. The standard InChI is InChI=1S/C26H29N3O3S/c1-3-22-16-18-24(19-17-22)29(33(31,32)25-12-8-5-9-13-25)20-26(30)28-27-21(2)14-15-23-10-6-4-7-11-23/h4-13,16-19H,3,14-15,20H2,1-2H3,(H,28,30)/b27-21-. The molecule has 0 fully saturated rings. The number of nitrogens with one attached hydrogen (secondary N) is 1. The Morgan fingerprint density at radius 2 is 1.48 bits per heavy atom. The first-order chi connectivity index (χ1) is 15.9. The van der Waals surface area contributed by atoms with Crippen molar-refractivity contribution >= 4 is 27.3 Å². The SMILES string of the molecule is CCc1ccc(N(CC(=O)N/N=C(/C)CCc2ccccc2)S(=O)(=O)c2ccccc2)cc1. The highest BCUT2D eigenvalue weighted by Gasteiger charge is 2.27. The van der Waals surface area contributed by atoms with Crippen molar-refractivity contribution in [2.75, 3.05) is 10.8 Å². The fraction of sp³-hybridized carbons (Fsp3) is 0.231. The van der Waals surface area contributed by atoms with Gasteiger partial charge >= 0.3 is 0 Å². The van der Waals surface area contributed by atoms with Crippen LogP contribution in [0.2, 0.25) is 0 Å². The molecule has 3 aromatic carbocycles. The average molecular weight is 464 g/mol. The smallest absolute Gasteiger partial charge is 0.264 e. The number of carbonyl (C=O) groups is 1. The van der Waals surface area contributed by atoms with Crippen molar-refractivity contribution in [2.45, 2.75) is 38.0 Å². The summed E-state index contributed by atoms with van der Waals surface area (Å²) in [6, 6.07) is 25.3. The van der Waals surface area contributed by atoms with Crippen LogP contribution in [-0.4, -0.2) is 26.6 Å². The molecule has 33 heavy (non-hydrogen) atoms. The summed E-state index contributed by atoms with van der Waals surface area (Å²) in [4.78, 5) is 12.8. The Hall–Kier alpha value is -3.45. The lowest BCUT2D eigenvalue weighted by Gasteiger charge is -2.24. The van der Waals surface area contributed by atoms with Gasteiger partial charge in [-0.05, 0) is 61.6 Å². The van der Waals surface area contributed by atoms with Crippen molar-refractivity contribution in [2.24, 2.45) is 5.10 Å². The minimum atomic E-state index is -3.93. The van der Waals surface area contributed by atoms with Crippen LogP contribution in [0.1, 0.15) is 31.4 Å². The third kappa shape index (κ3) is 6.76. The molecule has 1 amide bonds. The molecule has 0 aromatic heterocycles. The second kappa shape index (κ2) is 11.4. The molecule has 0 spiro atoms. The molecule has 0 aliphatic carbocycles. The maximum absolute atomic E-state index is 13.3. The summed E-state index contributed by atoms with van der Waals surface area (Å²) < 4.78 is 27.8. The van der Waals surface area contributed by atoms with Crippen LogP contribution in [0.25, 0.3) is 0 Å². The second-order valence-corrected chi connectivity index (χ2v) is 9.57. The highest BCUT2D eigenvalue weighted by molar-refractivity contribution is 7.92. The van der Waals surface area contributed by atoms with E-state index in [0.717, 1.165) is 28.4 Å². The number of hydrogen-bond acceptors (Lipinski definition) is 4. The number of aryl methyl sites for hydroxylation is 2. The van der Waals surface area contributed by atoms with E-state index in [2.05, 4.69) is 10.5 Å². The summed E-state index contributed by atoms with van der Waals surface area (Å²) in [5, 5.41) is 4.16. The van der Waals surface area contributed by atoms with Crippen LogP contribution in [0.5, 0.6) is 0 Å². The van der Waals surface area contributed by atoms with E-state index in [1.54, 1.807) is 30.3 Å². The molecule has 0 bridgehead atoms. The van der Waals surface area contributed by atoms with Crippen molar-refractivity contribution in [1.82, 2.24) is 5.43 Å². The van der Waals surface area contributed by atoms with Crippen LogP contribution in [0.15, 0.2) is 94.9 Å². The van der Waals surface area contributed by atoms with Gasteiger partial charge in [0.05, 0.1) is 10.6 Å². The van der Waals surface area contributed by atoms with Gasteiger partial charge < -0.3 is 0 Å². The van der Waals surface area contributed by atoms with Gasteiger partial charge in [0.2, 0.25) is 0 Å². The zero-order valence-corrected chi connectivity index (χ0v) is 19.8. The van der Waals surface area contributed by atoms with Gasteiger partial charge in [0.1, 0.15) is 6.54 Å². The Morgan fingerprint density at radius 1 is 0.879 bits per heavy atom. The van der Waals surface area contributed by atoms with E-state index in [1.165, 1.54) is 17.7 Å². The molecule has 0 aliphatic heterocycles. The predicted octanol–water partition coefficient (Wildman–Crippen LogP) is 4.57. The lowest BCUT2D eigenvalue weighted by Crippen LogP contribution is -2.39. The lowest BCUT2D eigenvalue weighted by molar-refractivity contribution is -0.119. The Labute approximate surface area is 196 Å². The highest BCUT2D eigenvalue weighted by atomic mass is 32.2. The Morgan fingerprint density at radius 3 is 2.09 bits per heavy atom. The maximum Gasteiger partial charge on any atom is 0.264 e. The van der Waals surface area contributed by atoms with Crippen molar-refractivity contribution < 1.29 is 13.2 Å². The Kier molecular flexibility index (Phi) is 8.38. The van der Waals surface area contributed by atoms with E-state index in [4.69, 9.17) is 0 Å². The molecule has 3 rings (SSSR count). The molecular weight excluding hydrogens is 434 g/mol. The first-order valence-electron chi connectivity index (χ1n) is 10.9. The van der Waals surface area contributed by atoms with E-state index in [1.807, 2.05) is 56.3 Å². The van der Waals surface area contributed by atoms with Gasteiger partial charge in [0.15, 0.2) is 0 Å². The number of sulfonamides is 1. The molecule has 6 nitrogen and oxygen atoms in total. The third-order valence-electron chi connectivity index (χ3n) is 5.24. The molecule has 0 unspecified atom stereocenters. The van der Waals surface area contributed by atoms with E-state index >= 15 is 0 Å². The largest absolute Gasteiger partial charge is 0.271 e. The summed E-state index contributed by atoms with van der Waals surface area (Å²) in [5.74, 6) is -0.506. The molecule has 3 aromatic rings. The summed E-state index contributed by atoms with van der Waals surface area (Å²) in [6.45, 7) is 3.49. The van der Waals surface area contributed by atoms with Crippen LogP contribution in [0.3, 0.4) is 0 Å². The van der Waals surface area contributed by atoms with E-state index in [0.29, 0.717) is 12.1 Å². The topological polar surface area (TPSA) is 78.8 Å². The number of nitrogens with zero attached hydrogens (tertiary/aromatic N) is 2. The highest BCUT2D eigenvalue weighted by Crippen LogP contribution is 2.24. The third-order valence-corrected chi connectivity index (χ3v) is 7.03. The van der Waals surface area contributed by atoms with Gasteiger partial charge in [-0.1, -0.05) is 67.6 Å². The summed E-state index contributed by atoms with van der Waals surface area (Å²) in [5.41, 5.74) is 5.97. The van der Waals surface area contributed by atoms with Gasteiger partial charge in [-0.25, -0.2) is 13.8 Å². The van der Waals surface area contributed by atoms with Gasteiger partial charge in [-0.15, -0.1) is 0 Å². The van der Waals surface area contributed by atoms with Gasteiger partial charge in [-0.2, -0.15) is 5.10 Å². The van der Waals surface area contributed by atoms with E-state index in [-0.39, 0.29) is 11.4 Å². The predicted molar refractivity (Wildman–Crippen MR) is 133 cm³/mol. The molecule has 0 radical (unpaired) electrons. The average Bonchev–Trinajstić information content (AvgIpc) is 2.86. The summed E-state index contributed by atoms with van der Waals surface area (Å²) in [7, 11) is -3.93. The Bertz CT molecular complexity index is 1180. The number of hydrazone groups is 1. The van der Waals surface area contributed by atoms with Crippen LogP contribution in [0, 0.1) is 0 Å². The van der Waals surface area contributed by atoms with Crippen molar-refractivity contribution in [1.29, 1.82) is 0 Å². The number of anilines is 1. The molecule has 0 heterocycles. The second-order valence-electron chi connectivity index (χ2n) is 7.71. The zero-order chi connectivity index (χ0) is 23.7. The minimum Gasteiger partial charge on any atom is -0.271 e. The van der Waals surface area contributed by atoms with E-state index in [9.17, 15) is 13.2 Å². The molecule has 1 N–H and O–H groups in total. The fourth-order valence-corrected chi connectivity index (χ4v) is 4.72. The molecule has 172 valence electrons. The van der Waals surface area contributed by atoms with Gasteiger partial charge in [0.25, 0.3) is 15.9 Å². The van der Waals surface area contributed by atoms with Crippen LogP contribution < -0.4 is 9.73 Å². The molecule has 0 saturated carbocycles. The number of carbonyl (C=O) groups excluding carboxylic acids is 1. The fourth-order valence-electron chi connectivity index (χ4n) is 3.28. The van der Waals surface area contributed by atoms with Crippen LogP contribution >= 0.6 is 0 Å². The van der Waals surface area contributed by atoms with Crippen LogP contribution in [-0.2, 0) is 27.7 Å². The first-order valence-corrected chi connectivity index (χ1v) is 12.4. The number of amides is 1. The summed E-state index contributed by atoms with van der Waals surface area (Å²) in [6.07, 6.45) is 2.34. The van der Waals surface area contributed by atoms with Crippen LogP contribution in [0.4, 0.5) is 5.69 Å². The van der Waals surface area contributed by atoms with E-state index < -0.39 is 15.9 Å². The number of benzene rings is 3.